The van der Waals surface area contributed by atoms with Crippen LogP contribution in [0.15, 0.2) is 133 Å². The number of hydrogen-bond donors (Lipinski definition) is 3. The van der Waals surface area contributed by atoms with Gasteiger partial charge < -0.3 is 5.11 Å². The van der Waals surface area contributed by atoms with Gasteiger partial charge in [0, 0.05) is 40.4 Å². The smallest absolute Gasteiger partial charge is 0.303 e. The van der Waals surface area contributed by atoms with Crippen molar-refractivity contribution in [3.05, 3.63) is 165 Å². The van der Waals surface area contributed by atoms with E-state index in [0.29, 0.717) is 22.6 Å². The Bertz CT molecular complexity index is 2430. The van der Waals surface area contributed by atoms with E-state index in [2.05, 4.69) is 20.1 Å². The second-order valence-corrected chi connectivity index (χ2v) is 18.2. The van der Waals surface area contributed by atoms with Crippen molar-refractivity contribution in [3.63, 3.8) is 0 Å². The highest BCUT2D eigenvalue weighted by Gasteiger charge is 2.16. The molecular weight excluding hydrogens is 853 g/mol. The predicted octanol–water partition coefficient (Wildman–Crippen LogP) is 10.3. The van der Waals surface area contributed by atoms with E-state index in [4.69, 9.17) is 11.0 Å². The van der Waals surface area contributed by atoms with Crippen molar-refractivity contribution in [1.29, 1.82) is 0 Å². The highest BCUT2D eigenvalue weighted by molar-refractivity contribution is 7.93. The first-order valence-corrected chi connectivity index (χ1v) is 23.4. The van der Waals surface area contributed by atoms with E-state index >= 15 is 0 Å². The number of amides is 1. The summed E-state index contributed by atoms with van der Waals surface area (Å²) < 4.78 is 31.6. The SMILES string of the molecule is CC(=O)c1ccc(-c2cccc(CS(=O)(=O)NC(=O)CCCc3ccccc3)c2)s1.CC(=O)c1ccc(-c2cccc(CSOON)c2)s1.O=C(O)CCCc1ccccc1. The maximum atomic E-state index is 12.4. The van der Waals surface area contributed by atoms with E-state index in [1.807, 2.05) is 103 Å². The number of nitrogens with two attached hydrogens (primary N) is 1. The summed E-state index contributed by atoms with van der Waals surface area (Å²) in [5.74, 6) is 4.01. The summed E-state index contributed by atoms with van der Waals surface area (Å²) in [6, 6.07) is 42.3. The molecule has 2 aromatic heterocycles. The Balaban J connectivity index is 0.000000224. The Kier molecular flexibility index (Phi) is 20.2. The normalized spacial score (nSPS) is 10.7. The molecule has 1 amide bonds. The van der Waals surface area contributed by atoms with Crippen molar-refractivity contribution in [2.45, 2.75) is 63.9 Å². The largest absolute Gasteiger partial charge is 0.481 e. The topological polar surface area (TPSA) is 179 Å². The van der Waals surface area contributed by atoms with Gasteiger partial charge in [0.15, 0.2) is 11.6 Å². The number of nitrogens with one attached hydrogen (secondary N) is 1. The molecule has 0 fully saturated rings. The van der Waals surface area contributed by atoms with Crippen molar-refractivity contribution in [2.75, 3.05) is 0 Å². The third-order valence-electron chi connectivity index (χ3n) is 8.68. The van der Waals surface area contributed by atoms with Gasteiger partial charge in [0.1, 0.15) is 0 Å². The molecule has 0 atom stereocenters. The number of carboxylic acid groups (broad SMARTS) is 1. The molecule has 0 aliphatic carbocycles. The van der Waals surface area contributed by atoms with Crippen molar-refractivity contribution in [3.8, 4) is 20.9 Å². The van der Waals surface area contributed by atoms with Crippen LogP contribution in [0.25, 0.3) is 20.9 Å². The number of benzene rings is 4. The van der Waals surface area contributed by atoms with Crippen LogP contribution >= 0.6 is 34.7 Å². The van der Waals surface area contributed by atoms with Gasteiger partial charge in [0.2, 0.25) is 15.9 Å². The lowest BCUT2D eigenvalue weighted by atomic mass is 10.1. The molecule has 0 unspecified atom stereocenters. The van der Waals surface area contributed by atoms with Crippen LogP contribution in [0.4, 0.5) is 0 Å². The molecule has 0 spiro atoms. The molecule has 0 radical (unpaired) electrons. The number of rotatable bonds is 19. The van der Waals surface area contributed by atoms with E-state index in [1.54, 1.807) is 31.2 Å². The number of carbonyl (C=O) groups is 4. The van der Waals surface area contributed by atoms with E-state index in [1.165, 1.54) is 35.2 Å². The van der Waals surface area contributed by atoms with Gasteiger partial charge in [-0.1, -0.05) is 97.1 Å². The molecule has 0 aliphatic rings. The van der Waals surface area contributed by atoms with Gasteiger partial charge in [-0.15, -0.1) is 32.0 Å². The number of carboxylic acids is 1. The van der Waals surface area contributed by atoms with Crippen LogP contribution in [0.5, 0.6) is 0 Å². The summed E-state index contributed by atoms with van der Waals surface area (Å²) in [6.07, 6.45) is 3.29. The lowest BCUT2D eigenvalue weighted by molar-refractivity contribution is -0.195. The fraction of sp³-hybridized carbons (Fsp3) is 0.217. The second kappa shape index (κ2) is 25.5. The van der Waals surface area contributed by atoms with Gasteiger partial charge in [-0.3, -0.25) is 23.9 Å². The van der Waals surface area contributed by atoms with Gasteiger partial charge in [-0.2, -0.15) is 5.90 Å². The minimum Gasteiger partial charge on any atom is -0.481 e. The maximum Gasteiger partial charge on any atom is 0.303 e. The van der Waals surface area contributed by atoms with E-state index < -0.39 is 21.9 Å². The molecule has 0 saturated carbocycles. The van der Waals surface area contributed by atoms with Gasteiger partial charge in [-0.05, 0) is 109 Å². The molecule has 4 aromatic carbocycles. The average Bonchev–Trinajstić information content (AvgIpc) is 3.95. The van der Waals surface area contributed by atoms with E-state index in [9.17, 15) is 27.6 Å². The Labute approximate surface area is 369 Å². The summed E-state index contributed by atoms with van der Waals surface area (Å²) in [4.78, 5) is 52.5. The number of ketones is 2. The molecule has 0 bridgehead atoms. The fourth-order valence-electron chi connectivity index (χ4n) is 5.78. The van der Waals surface area contributed by atoms with Crippen LogP contribution in [0.2, 0.25) is 0 Å². The van der Waals surface area contributed by atoms with Gasteiger partial charge >= 0.3 is 5.97 Å². The van der Waals surface area contributed by atoms with Crippen molar-refractivity contribution < 1.29 is 42.0 Å². The summed E-state index contributed by atoms with van der Waals surface area (Å²) >= 11 is 3.99. The molecule has 6 aromatic rings. The minimum absolute atomic E-state index is 0.0000379. The lowest BCUT2D eigenvalue weighted by Gasteiger charge is -2.08. The molecule has 0 saturated heterocycles. The number of aryl methyl sites for hydroxylation is 2. The fourth-order valence-corrected chi connectivity index (χ4v) is 9.13. The average molecular weight is 901 g/mol. The van der Waals surface area contributed by atoms with Gasteiger partial charge in [0.25, 0.3) is 0 Å². The van der Waals surface area contributed by atoms with Crippen LogP contribution in [0.1, 0.15) is 81.1 Å². The summed E-state index contributed by atoms with van der Waals surface area (Å²) in [7, 11) is -3.79. The molecule has 0 aliphatic heterocycles. The van der Waals surface area contributed by atoms with Crippen LogP contribution in [0, 0.1) is 0 Å². The van der Waals surface area contributed by atoms with Crippen LogP contribution in [-0.2, 0) is 53.3 Å². The lowest BCUT2D eigenvalue weighted by Crippen LogP contribution is -2.31. The molecule has 2 heterocycles. The van der Waals surface area contributed by atoms with E-state index in [0.717, 1.165) is 68.2 Å². The predicted molar refractivity (Wildman–Crippen MR) is 244 cm³/mol. The van der Waals surface area contributed by atoms with E-state index in [-0.39, 0.29) is 30.2 Å². The minimum atomic E-state index is -3.79. The van der Waals surface area contributed by atoms with Gasteiger partial charge in [-0.25, -0.2) is 8.42 Å². The number of carbonyl (C=O) groups excluding carboxylic acids is 3. The summed E-state index contributed by atoms with van der Waals surface area (Å²) in [6.45, 7) is 3.09. The quantitative estimate of drug-likeness (QED) is 0.0232. The first kappa shape index (κ1) is 48.4. The summed E-state index contributed by atoms with van der Waals surface area (Å²) in [5.41, 5.74) is 5.93. The monoisotopic (exact) mass is 900 g/mol. The first-order valence-electron chi connectivity index (χ1n) is 19.2. The number of Topliss-reactive ketones (excluding diaryl/α,β-unsaturated/α-hetero) is 2. The Morgan fingerprint density at radius 1 is 0.639 bits per heavy atom. The molecule has 61 heavy (non-hydrogen) atoms. The van der Waals surface area contributed by atoms with Crippen LogP contribution in [0.3, 0.4) is 0 Å². The first-order chi connectivity index (χ1) is 29.3. The van der Waals surface area contributed by atoms with Crippen molar-refractivity contribution in [1.82, 2.24) is 4.72 Å². The van der Waals surface area contributed by atoms with Crippen molar-refractivity contribution in [2.24, 2.45) is 5.90 Å². The van der Waals surface area contributed by atoms with Crippen LogP contribution in [-0.4, -0.2) is 37.0 Å². The highest BCUT2D eigenvalue weighted by atomic mass is 32.2. The Morgan fingerprint density at radius 2 is 1.11 bits per heavy atom. The third kappa shape index (κ3) is 18.1. The zero-order valence-corrected chi connectivity index (χ0v) is 37.0. The van der Waals surface area contributed by atoms with Gasteiger partial charge in [0.05, 0.1) is 15.5 Å². The Morgan fingerprint density at radius 3 is 1.59 bits per heavy atom. The molecule has 11 nitrogen and oxygen atoms in total. The molecular formula is C46H48N2O9S4. The molecule has 4 N–H and O–H groups in total. The molecule has 6 rings (SSSR count). The summed E-state index contributed by atoms with van der Waals surface area (Å²) in [5, 5.41) is 8.39. The third-order valence-corrected chi connectivity index (χ3v) is 13.0. The highest BCUT2D eigenvalue weighted by Crippen LogP contribution is 2.31. The number of aliphatic carboxylic acids is 1. The van der Waals surface area contributed by atoms with Crippen LogP contribution < -0.4 is 10.6 Å². The number of hydrogen-bond acceptors (Lipinski definition) is 12. The standard InChI is InChI=1S/C23H23NO4S2.C13H13NO3S2.C10H12O2/c1-17(25)21-13-14-22(29-21)20-11-5-10-19(15-20)16-30(27,28)24-23(26)12-6-9-18-7-3-2-4-8-18;1-9(15)12-5-6-13(19-12)11-4-2-3-10(7-11)8-18-17-16-14;11-10(12)8-4-7-9-5-2-1-3-6-9/h2-5,7-8,10-11,13-15H,6,9,12,16H2,1H3,(H,24,26);2-7H,8,14H2,1H3;1-3,5-6H,4,7-8H2,(H,11,12). The zero-order valence-electron chi connectivity index (χ0n) is 33.8. The maximum absolute atomic E-state index is 12.4. The molecule has 15 heteroatoms. The number of thiophene rings is 2. The molecule has 320 valence electrons. The Hall–Kier alpha value is -5.26. The van der Waals surface area contributed by atoms with Crippen molar-refractivity contribution >= 4 is 68.2 Å². The number of sulfonamides is 1. The second-order valence-electron chi connectivity index (χ2n) is 13.6. The zero-order chi connectivity index (χ0) is 44.0.